The van der Waals surface area contributed by atoms with Gasteiger partial charge in [-0.2, -0.15) is 18.0 Å². The molecule has 69 heavy (non-hydrogen) atoms. The Morgan fingerprint density at radius 1 is 0.913 bits per heavy atom. The number of nitriles is 1. The number of benzene rings is 3. The second-order valence-corrected chi connectivity index (χ2v) is 18.9. The van der Waals surface area contributed by atoms with Crippen LogP contribution in [0, 0.1) is 23.0 Å². The van der Waals surface area contributed by atoms with Crippen LogP contribution in [0.5, 0.6) is 11.5 Å². The number of piperidine rings is 2. The number of nitrogens with one attached hydrogen (secondary N) is 3. The van der Waals surface area contributed by atoms with Gasteiger partial charge >= 0.3 is 10.2 Å². The van der Waals surface area contributed by atoms with Crippen LogP contribution in [0.2, 0.25) is 0 Å². The maximum Gasteiger partial charge on any atom is 0.301 e. The van der Waals surface area contributed by atoms with Gasteiger partial charge in [-0.1, -0.05) is 6.07 Å². The molecular formula is C45H44F4N12O7S. The summed E-state index contributed by atoms with van der Waals surface area (Å²) >= 11 is 0. The molecule has 3 amide bonds. The number of rotatable bonds is 12. The van der Waals surface area contributed by atoms with Crippen LogP contribution in [0.25, 0.3) is 16.6 Å². The van der Waals surface area contributed by atoms with Crippen LogP contribution < -0.4 is 30.6 Å². The highest BCUT2D eigenvalue weighted by Gasteiger charge is 2.43. The first kappa shape index (κ1) is 46.9. The summed E-state index contributed by atoms with van der Waals surface area (Å²) in [7, 11) is -4.54. The molecule has 0 saturated carbocycles. The fourth-order valence-corrected chi connectivity index (χ4v) is 10.1. The molecule has 4 fully saturated rings. The van der Waals surface area contributed by atoms with Crippen molar-refractivity contribution in [2.24, 2.45) is 0 Å². The van der Waals surface area contributed by atoms with Crippen LogP contribution in [0.3, 0.4) is 0 Å². The molecule has 3 aromatic carbocycles. The van der Waals surface area contributed by atoms with Crippen LogP contribution in [0.1, 0.15) is 49.1 Å². The van der Waals surface area contributed by atoms with Gasteiger partial charge in [0.05, 0.1) is 47.8 Å². The zero-order valence-electron chi connectivity index (χ0n) is 36.7. The zero-order valence-corrected chi connectivity index (χ0v) is 37.5. The number of hydrogen-bond acceptors (Lipinski definition) is 14. The molecule has 0 aliphatic carbocycles. The number of amides is 3. The maximum absolute atomic E-state index is 15.3. The smallest absolute Gasteiger partial charge is 0.301 e. The summed E-state index contributed by atoms with van der Waals surface area (Å²) in [5.74, 6) is -5.79. The molecule has 6 heterocycles. The number of imide groups is 1. The molecule has 4 saturated heterocycles. The molecule has 9 rings (SSSR count). The third-order valence-electron chi connectivity index (χ3n) is 12.7. The SMILES string of the molecule is N#Cc1c(NS(=O)(=O)N2CCC(F)(F)C2)ccc(F)c1Oc1ccc2ncn(-c3cnc(N4CCN(C(=O)CN5CCC(c6ccc(N[C@@H]7CCC(=O)NC7=O)cc6F)CC5)CC4)nc3)c(=O)c2c1. The molecule has 3 N–H and O–H groups in total. The quantitative estimate of drug-likeness (QED) is 0.119. The Morgan fingerprint density at radius 2 is 1.67 bits per heavy atom. The largest absolute Gasteiger partial charge is 0.453 e. The van der Waals surface area contributed by atoms with Crippen molar-refractivity contribution >= 4 is 56.2 Å². The minimum atomic E-state index is -4.54. The molecule has 5 aromatic rings. The lowest BCUT2D eigenvalue weighted by molar-refractivity contribution is -0.134. The van der Waals surface area contributed by atoms with Crippen LogP contribution in [-0.2, 0) is 24.6 Å². The van der Waals surface area contributed by atoms with Crippen LogP contribution in [0.4, 0.5) is 34.9 Å². The van der Waals surface area contributed by atoms with Crippen molar-refractivity contribution in [2.75, 3.05) is 73.8 Å². The number of ether oxygens (including phenoxy) is 1. The van der Waals surface area contributed by atoms with E-state index in [9.17, 15) is 41.6 Å². The maximum atomic E-state index is 15.3. The van der Waals surface area contributed by atoms with E-state index in [1.807, 2.05) is 4.90 Å². The normalized spacial score (nSPS) is 19.3. The average Bonchev–Trinajstić information content (AvgIpc) is 3.72. The zero-order chi connectivity index (χ0) is 48.6. The first-order valence-corrected chi connectivity index (χ1v) is 23.5. The van der Waals surface area contributed by atoms with Crippen molar-refractivity contribution in [3.63, 3.8) is 0 Å². The first-order valence-electron chi connectivity index (χ1n) is 22.1. The Balaban J connectivity index is 0.782. The number of nitrogens with zero attached hydrogens (tertiary/aromatic N) is 9. The number of likely N-dealkylation sites (tertiary alicyclic amines) is 1. The number of piperazine rings is 1. The number of carbonyl (C=O) groups is 3. The van der Waals surface area contributed by atoms with Gasteiger partial charge in [-0.15, -0.1) is 0 Å². The molecule has 360 valence electrons. The fourth-order valence-electron chi connectivity index (χ4n) is 8.86. The number of fused-ring (bicyclic) bond motifs is 1. The average molecular weight is 973 g/mol. The molecular weight excluding hydrogens is 929 g/mol. The van der Waals surface area contributed by atoms with Gasteiger partial charge in [0.15, 0.2) is 11.6 Å². The van der Waals surface area contributed by atoms with E-state index in [-0.39, 0.29) is 58.9 Å². The van der Waals surface area contributed by atoms with Gasteiger partial charge in [-0.3, -0.25) is 38.7 Å². The highest BCUT2D eigenvalue weighted by atomic mass is 32.2. The number of alkyl halides is 2. The van der Waals surface area contributed by atoms with E-state index in [4.69, 9.17) is 4.74 Å². The van der Waals surface area contributed by atoms with Gasteiger partial charge < -0.3 is 19.9 Å². The standard InChI is InChI=1S/C45H44F4N12O7S/c46-34-4-6-37(56-69(66,67)60-14-11-45(48,49)25-60)33(21-50)41(34)68-30-2-5-36-32(20-30)43(65)61(26-53-36)29-22-51-44(52-23-29)59-17-15-58(16-18-59)40(63)24-57-12-9-27(10-13-57)31-3-1-28(19-35(31)47)54-38-7-8-39(62)55-42(38)64/h1-6,19-20,22-23,26-27,38,54,56H,7-18,24-25H2,(H,55,62,64)/t38-/m1/s1. The second-order valence-electron chi connectivity index (χ2n) is 17.2. The number of carbonyl (C=O) groups excluding carboxylic acids is 3. The van der Waals surface area contributed by atoms with E-state index in [0.717, 1.165) is 12.1 Å². The third kappa shape index (κ3) is 10.2. The fraction of sp³-hybridized carbons (Fsp3) is 0.378. The summed E-state index contributed by atoms with van der Waals surface area (Å²) in [4.78, 5) is 69.8. The topological polar surface area (TPSA) is 228 Å². The van der Waals surface area contributed by atoms with Crippen molar-refractivity contribution in [3.8, 4) is 23.3 Å². The van der Waals surface area contributed by atoms with Crippen LogP contribution >= 0.6 is 0 Å². The van der Waals surface area contributed by atoms with E-state index in [1.54, 1.807) is 23.1 Å². The van der Waals surface area contributed by atoms with Gasteiger partial charge in [0.2, 0.25) is 23.7 Å². The van der Waals surface area contributed by atoms with Crippen molar-refractivity contribution in [2.45, 2.75) is 50.0 Å². The lowest BCUT2D eigenvalue weighted by Crippen LogP contribution is -2.52. The van der Waals surface area contributed by atoms with Gasteiger partial charge in [0, 0.05) is 51.3 Å². The van der Waals surface area contributed by atoms with Crippen molar-refractivity contribution in [1.82, 2.24) is 38.9 Å². The van der Waals surface area contributed by atoms with E-state index >= 15 is 8.78 Å². The van der Waals surface area contributed by atoms with E-state index < -0.39 is 76.0 Å². The summed E-state index contributed by atoms with van der Waals surface area (Å²) in [5.41, 5.74) is 0.0570. The predicted molar refractivity (Wildman–Crippen MR) is 241 cm³/mol. The number of hydrogen-bond donors (Lipinski definition) is 3. The molecule has 19 nitrogen and oxygen atoms in total. The highest BCUT2D eigenvalue weighted by molar-refractivity contribution is 7.90. The molecule has 4 aliphatic rings. The van der Waals surface area contributed by atoms with Gasteiger partial charge in [0.1, 0.15) is 35.6 Å². The second kappa shape index (κ2) is 19.0. The minimum Gasteiger partial charge on any atom is -0.453 e. The molecule has 1 atom stereocenters. The van der Waals surface area contributed by atoms with E-state index in [0.29, 0.717) is 80.0 Å². The van der Waals surface area contributed by atoms with Crippen LogP contribution in [0.15, 0.2) is 72.0 Å². The first-order chi connectivity index (χ1) is 33.0. The summed E-state index contributed by atoms with van der Waals surface area (Å²) in [6, 6.07) is 11.9. The van der Waals surface area contributed by atoms with Crippen molar-refractivity contribution in [3.05, 3.63) is 100 Å². The van der Waals surface area contributed by atoms with E-state index in [2.05, 4.69) is 35.2 Å². The van der Waals surface area contributed by atoms with Gasteiger partial charge in [0.25, 0.3) is 11.5 Å². The Bertz CT molecular complexity index is 3050. The number of anilines is 3. The summed E-state index contributed by atoms with van der Waals surface area (Å²) < 4.78 is 93.2. The summed E-state index contributed by atoms with van der Waals surface area (Å²) in [6.45, 7) is 1.76. The van der Waals surface area contributed by atoms with E-state index in [1.165, 1.54) is 47.6 Å². The number of halogens is 4. The molecule has 2 aromatic heterocycles. The third-order valence-corrected chi connectivity index (χ3v) is 14.1. The van der Waals surface area contributed by atoms with Gasteiger partial charge in [-0.25, -0.2) is 32.5 Å². The predicted octanol–water partition coefficient (Wildman–Crippen LogP) is 3.86. The lowest BCUT2D eigenvalue weighted by Gasteiger charge is -2.37. The molecule has 0 bridgehead atoms. The number of aromatic nitrogens is 4. The lowest BCUT2D eigenvalue weighted by atomic mass is 9.89. The monoisotopic (exact) mass is 972 g/mol. The summed E-state index contributed by atoms with van der Waals surface area (Å²) in [5, 5.41) is 15.3. The highest BCUT2D eigenvalue weighted by Crippen LogP contribution is 2.36. The van der Waals surface area contributed by atoms with Crippen LogP contribution in [-0.4, -0.2) is 131 Å². The Morgan fingerprint density at radius 3 is 2.35 bits per heavy atom. The van der Waals surface area contributed by atoms with Gasteiger partial charge in [-0.05, 0) is 86.3 Å². The molecule has 4 aliphatic heterocycles. The summed E-state index contributed by atoms with van der Waals surface area (Å²) in [6.07, 6.45) is 5.41. The molecule has 0 unspecified atom stereocenters. The van der Waals surface area contributed by atoms with Crippen molar-refractivity contribution < 1.29 is 45.1 Å². The molecule has 24 heteroatoms. The molecule has 0 spiro atoms. The minimum absolute atomic E-state index is 0.0162. The molecule has 0 radical (unpaired) electrons. The Hall–Kier alpha value is -7.23. The Kier molecular flexibility index (Phi) is 12.9. The van der Waals surface area contributed by atoms with Crippen molar-refractivity contribution in [1.29, 1.82) is 5.26 Å². The Labute approximate surface area is 391 Å².